The number of hydrogen-bond acceptors (Lipinski definition) is 6. The van der Waals surface area contributed by atoms with Crippen LogP contribution in [0.5, 0.6) is 5.75 Å². The molecule has 0 atom stereocenters. The fourth-order valence-corrected chi connectivity index (χ4v) is 2.58. The van der Waals surface area contributed by atoms with Crippen molar-refractivity contribution < 1.29 is 18.7 Å². The molecule has 0 saturated heterocycles. The molecule has 0 aliphatic heterocycles. The quantitative estimate of drug-likeness (QED) is 0.582. The van der Waals surface area contributed by atoms with Crippen molar-refractivity contribution in [1.29, 1.82) is 0 Å². The molecular formula is C22H24N4O4. The van der Waals surface area contributed by atoms with Gasteiger partial charge in [-0.25, -0.2) is 0 Å². The predicted molar refractivity (Wildman–Crippen MR) is 110 cm³/mol. The Morgan fingerprint density at radius 2 is 1.67 bits per heavy atom. The first-order valence-electron chi connectivity index (χ1n) is 9.58. The van der Waals surface area contributed by atoms with E-state index in [1.165, 1.54) is 0 Å². The Kier molecular flexibility index (Phi) is 6.79. The van der Waals surface area contributed by atoms with E-state index in [2.05, 4.69) is 21.0 Å². The SMILES string of the molecule is Cc1ccc(-c2nnc(CCC(=O)NNC(=O)COc3ccc(C)c(C)c3)o2)cc1. The molecule has 8 heteroatoms. The van der Waals surface area contributed by atoms with E-state index in [-0.39, 0.29) is 25.4 Å². The highest BCUT2D eigenvalue weighted by Crippen LogP contribution is 2.19. The second-order valence-electron chi connectivity index (χ2n) is 7.00. The van der Waals surface area contributed by atoms with E-state index >= 15 is 0 Å². The highest BCUT2D eigenvalue weighted by Gasteiger charge is 2.11. The zero-order valence-electron chi connectivity index (χ0n) is 17.2. The van der Waals surface area contributed by atoms with Crippen molar-refractivity contribution >= 4 is 11.8 Å². The van der Waals surface area contributed by atoms with Gasteiger partial charge in [-0.05, 0) is 56.2 Å². The van der Waals surface area contributed by atoms with Crippen LogP contribution in [-0.2, 0) is 16.0 Å². The summed E-state index contributed by atoms with van der Waals surface area (Å²) in [5, 5.41) is 7.95. The molecule has 8 nitrogen and oxygen atoms in total. The van der Waals surface area contributed by atoms with Gasteiger partial charge < -0.3 is 9.15 Å². The van der Waals surface area contributed by atoms with E-state index in [9.17, 15) is 9.59 Å². The largest absolute Gasteiger partial charge is 0.484 e. The average Bonchev–Trinajstić information content (AvgIpc) is 3.21. The number of aromatic nitrogens is 2. The minimum atomic E-state index is -0.457. The van der Waals surface area contributed by atoms with Crippen molar-refractivity contribution in [2.45, 2.75) is 33.6 Å². The van der Waals surface area contributed by atoms with Gasteiger partial charge in [-0.2, -0.15) is 0 Å². The molecular weight excluding hydrogens is 384 g/mol. The van der Waals surface area contributed by atoms with Crippen molar-refractivity contribution in [3.63, 3.8) is 0 Å². The number of hydrazine groups is 1. The van der Waals surface area contributed by atoms with Gasteiger partial charge in [0.2, 0.25) is 17.7 Å². The summed E-state index contributed by atoms with van der Waals surface area (Å²) in [6, 6.07) is 13.3. The Morgan fingerprint density at radius 3 is 2.40 bits per heavy atom. The molecule has 0 unspecified atom stereocenters. The molecule has 1 aromatic heterocycles. The lowest BCUT2D eigenvalue weighted by Crippen LogP contribution is -2.43. The Morgan fingerprint density at radius 1 is 0.933 bits per heavy atom. The van der Waals surface area contributed by atoms with E-state index in [0.29, 0.717) is 17.5 Å². The van der Waals surface area contributed by atoms with Crippen molar-refractivity contribution in [3.8, 4) is 17.2 Å². The summed E-state index contributed by atoms with van der Waals surface area (Å²) in [5.41, 5.74) is 8.84. The lowest BCUT2D eigenvalue weighted by Gasteiger charge is -2.09. The number of carbonyl (C=O) groups excluding carboxylic acids is 2. The number of hydrogen-bond donors (Lipinski definition) is 2. The van der Waals surface area contributed by atoms with Gasteiger partial charge in [0.05, 0.1) is 0 Å². The van der Waals surface area contributed by atoms with Gasteiger partial charge in [0, 0.05) is 18.4 Å². The summed E-state index contributed by atoms with van der Waals surface area (Å²) in [6.07, 6.45) is 0.355. The van der Waals surface area contributed by atoms with Crippen LogP contribution >= 0.6 is 0 Å². The second-order valence-corrected chi connectivity index (χ2v) is 7.00. The minimum absolute atomic E-state index is 0.0911. The molecule has 0 saturated carbocycles. The molecule has 0 radical (unpaired) electrons. The number of nitrogens with zero attached hydrogens (tertiary/aromatic N) is 2. The highest BCUT2D eigenvalue weighted by atomic mass is 16.5. The summed E-state index contributed by atoms with van der Waals surface area (Å²) in [5.74, 6) is 0.526. The minimum Gasteiger partial charge on any atom is -0.484 e. The molecule has 2 N–H and O–H groups in total. The number of carbonyl (C=O) groups is 2. The summed E-state index contributed by atoms with van der Waals surface area (Å²) in [6.45, 7) is 5.76. The third-order valence-corrected chi connectivity index (χ3v) is 4.52. The summed E-state index contributed by atoms with van der Waals surface area (Å²) in [4.78, 5) is 23.8. The number of ether oxygens (including phenoxy) is 1. The molecule has 3 rings (SSSR count). The maximum absolute atomic E-state index is 11.9. The number of aryl methyl sites for hydroxylation is 4. The number of amides is 2. The van der Waals surface area contributed by atoms with E-state index in [0.717, 1.165) is 22.3 Å². The molecule has 3 aromatic rings. The van der Waals surface area contributed by atoms with Gasteiger partial charge in [0.15, 0.2) is 6.61 Å². The van der Waals surface area contributed by atoms with Crippen LogP contribution in [0.15, 0.2) is 46.9 Å². The number of nitrogens with one attached hydrogen (secondary N) is 2. The lowest BCUT2D eigenvalue weighted by molar-refractivity contribution is -0.130. The zero-order chi connectivity index (χ0) is 21.5. The maximum atomic E-state index is 11.9. The number of rotatable bonds is 7. The summed E-state index contributed by atoms with van der Waals surface area (Å²) in [7, 11) is 0. The van der Waals surface area contributed by atoms with Crippen molar-refractivity contribution in [2.24, 2.45) is 0 Å². The third kappa shape index (κ3) is 5.91. The average molecular weight is 408 g/mol. The van der Waals surface area contributed by atoms with E-state index in [4.69, 9.17) is 9.15 Å². The van der Waals surface area contributed by atoms with Crippen LogP contribution in [0.3, 0.4) is 0 Å². The molecule has 0 spiro atoms. The van der Waals surface area contributed by atoms with Gasteiger partial charge in [-0.3, -0.25) is 20.4 Å². The Labute approximate surface area is 174 Å². The van der Waals surface area contributed by atoms with Gasteiger partial charge in [0.1, 0.15) is 5.75 Å². The standard InChI is InChI=1S/C22H24N4O4/c1-14-4-7-17(8-5-14)22-26-25-21(30-22)11-10-19(27)23-24-20(28)13-29-18-9-6-15(2)16(3)12-18/h4-9,12H,10-11,13H2,1-3H3,(H,23,27)(H,24,28). The Hall–Kier alpha value is -3.68. The van der Waals surface area contributed by atoms with E-state index in [1.807, 2.05) is 57.2 Å². The highest BCUT2D eigenvalue weighted by molar-refractivity contribution is 5.82. The van der Waals surface area contributed by atoms with Crippen LogP contribution in [0.4, 0.5) is 0 Å². The molecule has 0 aliphatic rings. The molecule has 0 aliphatic carbocycles. The molecule has 156 valence electrons. The van der Waals surface area contributed by atoms with Gasteiger partial charge in [-0.15, -0.1) is 10.2 Å². The van der Waals surface area contributed by atoms with Crippen LogP contribution in [0.1, 0.15) is 29.0 Å². The molecule has 0 fully saturated rings. The maximum Gasteiger partial charge on any atom is 0.276 e. The third-order valence-electron chi connectivity index (χ3n) is 4.52. The van der Waals surface area contributed by atoms with Crippen molar-refractivity contribution in [2.75, 3.05) is 6.61 Å². The first kappa shape index (κ1) is 21.0. The Bertz CT molecular complexity index is 1030. The normalized spacial score (nSPS) is 10.5. The predicted octanol–water partition coefficient (Wildman–Crippen LogP) is 2.82. The van der Waals surface area contributed by atoms with Crippen LogP contribution in [0.2, 0.25) is 0 Å². The first-order valence-corrected chi connectivity index (χ1v) is 9.58. The lowest BCUT2D eigenvalue weighted by atomic mass is 10.1. The van der Waals surface area contributed by atoms with E-state index < -0.39 is 5.91 Å². The monoisotopic (exact) mass is 408 g/mol. The Balaban J connectivity index is 1.39. The fourth-order valence-electron chi connectivity index (χ4n) is 2.58. The smallest absolute Gasteiger partial charge is 0.276 e. The van der Waals surface area contributed by atoms with Gasteiger partial charge in [-0.1, -0.05) is 23.8 Å². The van der Waals surface area contributed by atoms with Gasteiger partial charge >= 0.3 is 0 Å². The molecule has 2 aromatic carbocycles. The second kappa shape index (κ2) is 9.69. The van der Waals surface area contributed by atoms with Crippen LogP contribution < -0.4 is 15.6 Å². The molecule has 30 heavy (non-hydrogen) atoms. The zero-order valence-corrected chi connectivity index (χ0v) is 17.2. The van der Waals surface area contributed by atoms with Crippen LogP contribution in [-0.4, -0.2) is 28.6 Å². The molecule has 1 heterocycles. The number of benzene rings is 2. The summed E-state index contributed by atoms with van der Waals surface area (Å²) >= 11 is 0. The van der Waals surface area contributed by atoms with Crippen LogP contribution in [0.25, 0.3) is 11.5 Å². The fraction of sp³-hybridized carbons (Fsp3) is 0.273. The van der Waals surface area contributed by atoms with Crippen LogP contribution in [0, 0.1) is 20.8 Å². The topological polar surface area (TPSA) is 106 Å². The molecule has 2 amide bonds. The summed E-state index contributed by atoms with van der Waals surface area (Å²) < 4.78 is 11.0. The van der Waals surface area contributed by atoms with Crippen molar-refractivity contribution in [3.05, 3.63) is 65.0 Å². The first-order chi connectivity index (χ1) is 14.4. The van der Waals surface area contributed by atoms with E-state index in [1.54, 1.807) is 6.07 Å². The molecule has 0 bridgehead atoms. The van der Waals surface area contributed by atoms with Crippen molar-refractivity contribution in [1.82, 2.24) is 21.0 Å². The van der Waals surface area contributed by atoms with Gasteiger partial charge in [0.25, 0.3) is 5.91 Å².